The first-order valence-corrected chi connectivity index (χ1v) is 8.72. The minimum Gasteiger partial charge on any atom is -0.464 e. The quantitative estimate of drug-likeness (QED) is 0.447. The number of rotatable bonds is 3. The first kappa shape index (κ1) is 15.2. The molecule has 3 nitrogen and oxygen atoms in total. The Morgan fingerprint density at radius 1 is 1.00 bits per heavy atom. The average Bonchev–Trinajstić information content (AvgIpc) is 3.00. The number of halogens is 1. The molecule has 1 heterocycles. The molecule has 1 N–H and O–H groups in total. The number of benzene rings is 3. The van der Waals surface area contributed by atoms with Crippen molar-refractivity contribution in [2.75, 3.05) is 5.32 Å². The Kier molecular flexibility index (Phi) is 3.98. The third-order valence-electron chi connectivity index (χ3n) is 4.04. The smallest absolute Gasteiger partial charge is 0.228 e. The molecule has 4 rings (SSSR count). The van der Waals surface area contributed by atoms with Gasteiger partial charge in [-0.05, 0) is 51.6 Å². The van der Waals surface area contributed by atoms with E-state index >= 15 is 0 Å². The molecule has 1 aromatic heterocycles. The lowest BCUT2D eigenvalue weighted by Gasteiger charge is -2.07. The maximum atomic E-state index is 12.5. The van der Waals surface area contributed by atoms with Gasteiger partial charge in [-0.15, -0.1) is 0 Å². The van der Waals surface area contributed by atoms with Crippen molar-refractivity contribution in [1.29, 1.82) is 0 Å². The molecule has 118 valence electrons. The van der Waals surface area contributed by atoms with Gasteiger partial charge in [0.1, 0.15) is 5.58 Å². The second-order valence-corrected chi connectivity index (χ2v) is 6.79. The second-order valence-electron chi connectivity index (χ2n) is 5.63. The molecule has 4 aromatic rings. The summed E-state index contributed by atoms with van der Waals surface area (Å²) in [5.41, 5.74) is 2.55. The number of carbonyl (C=O) groups excluding carboxylic acids is 1. The molecule has 0 bridgehead atoms. The van der Waals surface area contributed by atoms with Crippen LogP contribution in [0.15, 0.2) is 71.3 Å². The largest absolute Gasteiger partial charge is 0.464 e. The molecular weight excluding hydrogens is 413 g/mol. The highest BCUT2D eigenvalue weighted by atomic mass is 127. The van der Waals surface area contributed by atoms with E-state index in [1.54, 1.807) is 6.26 Å². The standard InChI is InChI=1S/C20H14INO2/c21-16-7-3-4-8-17(16)22-19(23)11-14-12-24-18-10-9-13-5-1-2-6-15(13)20(14)18/h1-10,12H,11H2,(H,22,23). The van der Waals surface area contributed by atoms with Crippen LogP contribution in [0.25, 0.3) is 21.7 Å². The van der Waals surface area contributed by atoms with Crippen LogP contribution in [0.3, 0.4) is 0 Å². The van der Waals surface area contributed by atoms with Gasteiger partial charge in [-0.1, -0.05) is 42.5 Å². The fraction of sp³-hybridized carbons (Fsp3) is 0.0500. The Morgan fingerprint density at radius 3 is 2.67 bits per heavy atom. The number of anilines is 1. The predicted molar refractivity (Wildman–Crippen MR) is 105 cm³/mol. The Morgan fingerprint density at radius 2 is 1.79 bits per heavy atom. The van der Waals surface area contributed by atoms with E-state index in [1.807, 2.05) is 48.5 Å². The number of fused-ring (bicyclic) bond motifs is 3. The number of nitrogens with one attached hydrogen (secondary N) is 1. The molecule has 4 heteroatoms. The van der Waals surface area contributed by atoms with E-state index in [0.717, 1.165) is 36.6 Å². The van der Waals surface area contributed by atoms with Gasteiger partial charge in [0.2, 0.25) is 5.91 Å². The van der Waals surface area contributed by atoms with Crippen molar-refractivity contribution in [1.82, 2.24) is 0 Å². The number of amides is 1. The minimum atomic E-state index is -0.0465. The number of furan rings is 1. The van der Waals surface area contributed by atoms with Crippen LogP contribution in [0.4, 0.5) is 5.69 Å². The lowest BCUT2D eigenvalue weighted by molar-refractivity contribution is -0.115. The summed E-state index contributed by atoms with van der Waals surface area (Å²) in [4.78, 5) is 12.5. The summed E-state index contributed by atoms with van der Waals surface area (Å²) in [6.07, 6.45) is 1.97. The maximum absolute atomic E-state index is 12.5. The third-order valence-corrected chi connectivity index (χ3v) is 4.98. The van der Waals surface area contributed by atoms with Crippen LogP contribution < -0.4 is 5.32 Å². The highest BCUT2D eigenvalue weighted by Crippen LogP contribution is 2.30. The molecule has 3 aromatic carbocycles. The Labute approximate surface area is 152 Å². The van der Waals surface area contributed by atoms with Gasteiger partial charge >= 0.3 is 0 Å². The van der Waals surface area contributed by atoms with Crippen LogP contribution in [-0.2, 0) is 11.2 Å². The zero-order chi connectivity index (χ0) is 16.5. The van der Waals surface area contributed by atoms with E-state index in [2.05, 4.69) is 40.0 Å². The van der Waals surface area contributed by atoms with Crippen LogP contribution in [-0.4, -0.2) is 5.91 Å². The Bertz CT molecular complexity index is 1050. The fourth-order valence-corrected chi connectivity index (χ4v) is 3.46. The predicted octanol–water partition coefficient (Wildman–Crippen LogP) is 5.37. The van der Waals surface area contributed by atoms with Crippen LogP contribution in [0.1, 0.15) is 5.56 Å². The summed E-state index contributed by atoms with van der Waals surface area (Å²) in [7, 11) is 0. The van der Waals surface area contributed by atoms with E-state index in [4.69, 9.17) is 4.42 Å². The van der Waals surface area contributed by atoms with Crippen LogP contribution in [0.2, 0.25) is 0 Å². The summed E-state index contributed by atoms with van der Waals surface area (Å²) in [5.74, 6) is -0.0465. The van der Waals surface area contributed by atoms with E-state index in [1.165, 1.54) is 0 Å². The van der Waals surface area contributed by atoms with Crippen molar-refractivity contribution in [3.05, 3.63) is 76.1 Å². The van der Waals surface area contributed by atoms with Gasteiger partial charge in [0.15, 0.2) is 0 Å². The number of para-hydroxylation sites is 1. The highest BCUT2D eigenvalue weighted by Gasteiger charge is 2.13. The van der Waals surface area contributed by atoms with Gasteiger partial charge in [-0.3, -0.25) is 4.79 Å². The molecule has 0 aliphatic rings. The van der Waals surface area contributed by atoms with Crippen LogP contribution >= 0.6 is 22.6 Å². The molecule has 0 aliphatic heterocycles. The molecule has 24 heavy (non-hydrogen) atoms. The summed E-state index contributed by atoms with van der Waals surface area (Å²) in [5, 5.41) is 6.25. The number of carbonyl (C=O) groups is 1. The fourth-order valence-electron chi connectivity index (χ4n) is 2.93. The van der Waals surface area contributed by atoms with Gasteiger partial charge in [0.25, 0.3) is 0 Å². The van der Waals surface area contributed by atoms with Gasteiger partial charge in [0.05, 0.1) is 18.4 Å². The van der Waals surface area contributed by atoms with E-state index in [-0.39, 0.29) is 12.3 Å². The Hall–Kier alpha value is -2.34. The van der Waals surface area contributed by atoms with Crippen molar-refractivity contribution in [2.24, 2.45) is 0 Å². The summed E-state index contributed by atoms with van der Waals surface area (Å²) in [6.45, 7) is 0. The summed E-state index contributed by atoms with van der Waals surface area (Å²) >= 11 is 2.22. The first-order chi connectivity index (χ1) is 11.7. The van der Waals surface area contributed by atoms with Crippen LogP contribution in [0, 0.1) is 3.57 Å². The van der Waals surface area contributed by atoms with Gasteiger partial charge in [-0.2, -0.15) is 0 Å². The van der Waals surface area contributed by atoms with Crippen molar-refractivity contribution < 1.29 is 9.21 Å². The third kappa shape index (κ3) is 2.78. The van der Waals surface area contributed by atoms with Crippen molar-refractivity contribution in [2.45, 2.75) is 6.42 Å². The lowest BCUT2D eigenvalue weighted by atomic mass is 10.0. The minimum absolute atomic E-state index is 0.0465. The zero-order valence-corrected chi connectivity index (χ0v) is 14.9. The van der Waals surface area contributed by atoms with Crippen molar-refractivity contribution in [3.8, 4) is 0 Å². The van der Waals surface area contributed by atoms with Gasteiger partial charge in [-0.25, -0.2) is 0 Å². The van der Waals surface area contributed by atoms with Crippen molar-refractivity contribution in [3.63, 3.8) is 0 Å². The monoisotopic (exact) mass is 427 g/mol. The molecule has 0 unspecified atom stereocenters. The maximum Gasteiger partial charge on any atom is 0.228 e. The Balaban J connectivity index is 1.68. The highest BCUT2D eigenvalue weighted by molar-refractivity contribution is 14.1. The molecule has 0 radical (unpaired) electrons. The first-order valence-electron chi connectivity index (χ1n) is 7.64. The molecular formula is C20H14INO2. The van der Waals surface area contributed by atoms with Gasteiger partial charge < -0.3 is 9.73 Å². The molecule has 0 aliphatic carbocycles. The normalized spacial score (nSPS) is 11.0. The molecule has 0 atom stereocenters. The molecule has 0 saturated heterocycles. The molecule has 0 fully saturated rings. The lowest BCUT2D eigenvalue weighted by Crippen LogP contribution is -2.14. The average molecular weight is 427 g/mol. The number of hydrogen-bond donors (Lipinski definition) is 1. The van der Waals surface area contributed by atoms with Gasteiger partial charge in [0, 0.05) is 14.5 Å². The van der Waals surface area contributed by atoms with E-state index < -0.39 is 0 Å². The summed E-state index contributed by atoms with van der Waals surface area (Å²) < 4.78 is 6.67. The van der Waals surface area contributed by atoms with E-state index in [9.17, 15) is 4.79 Å². The SMILES string of the molecule is O=C(Cc1coc2ccc3ccccc3c12)Nc1ccccc1I. The molecule has 0 saturated carbocycles. The second kappa shape index (κ2) is 6.28. The summed E-state index contributed by atoms with van der Waals surface area (Å²) in [6, 6.07) is 19.9. The topological polar surface area (TPSA) is 42.2 Å². The zero-order valence-electron chi connectivity index (χ0n) is 12.8. The van der Waals surface area contributed by atoms with E-state index in [0.29, 0.717) is 0 Å². The van der Waals surface area contributed by atoms with Crippen molar-refractivity contribution >= 4 is 55.9 Å². The number of hydrogen-bond acceptors (Lipinski definition) is 2. The molecule has 1 amide bonds. The molecule has 0 spiro atoms. The van der Waals surface area contributed by atoms with Crippen LogP contribution in [0.5, 0.6) is 0 Å².